The summed E-state index contributed by atoms with van der Waals surface area (Å²) in [7, 11) is 0. The maximum Gasteiger partial charge on any atom is 0.242 e. The van der Waals surface area contributed by atoms with Crippen molar-refractivity contribution in [1.82, 2.24) is 10.2 Å². The van der Waals surface area contributed by atoms with Gasteiger partial charge in [-0.3, -0.25) is 9.59 Å². The Bertz CT molecular complexity index is 774. The Hall–Kier alpha value is -2.04. The first-order valence-electron chi connectivity index (χ1n) is 8.85. The molecule has 1 atom stereocenters. The van der Waals surface area contributed by atoms with Crippen LogP contribution in [-0.4, -0.2) is 28.8 Å². The van der Waals surface area contributed by atoms with E-state index in [4.69, 9.17) is 23.2 Å². The maximum absolute atomic E-state index is 13.0. The minimum Gasteiger partial charge on any atom is -0.352 e. The van der Waals surface area contributed by atoms with Crippen LogP contribution in [-0.2, 0) is 22.6 Å². The molecule has 0 saturated carbocycles. The van der Waals surface area contributed by atoms with Crippen LogP contribution in [0.5, 0.6) is 0 Å². The third-order valence-corrected chi connectivity index (χ3v) is 4.64. The summed E-state index contributed by atoms with van der Waals surface area (Å²) in [6.07, 6.45) is 0.198. The molecule has 4 nitrogen and oxygen atoms in total. The zero-order valence-corrected chi connectivity index (χ0v) is 17.2. The van der Waals surface area contributed by atoms with Gasteiger partial charge in [0, 0.05) is 22.6 Å². The van der Waals surface area contributed by atoms with Gasteiger partial charge in [-0.2, -0.15) is 0 Å². The average Bonchev–Trinajstić information content (AvgIpc) is 2.62. The van der Waals surface area contributed by atoms with E-state index in [1.807, 2.05) is 38.1 Å². The van der Waals surface area contributed by atoms with Crippen molar-refractivity contribution in [2.45, 2.75) is 45.8 Å². The molecule has 0 aliphatic heterocycles. The van der Waals surface area contributed by atoms with Gasteiger partial charge in [0.05, 0.1) is 6.42 Å². The van der Waals surface area contributed by atoms with Crippen LogP contribution in [0.15, 0.2) is 48.5 Å². The van der Waals surface area contributed by atoms with E-state index in [-0.39, 0.29) is 24.3 Å². The number of benzene rings is 2. The highest BCUT2D eigenvalue weighted by Gasteiger charge is 2.26. The van der Waals surface area contributed by atoms with Crippen LogP contribution < -0.4 is 5.32 Å². The summed E-state index contributed by atoms with van der Waals surface area (Å²) in [6.45, 7) is 5.86. The SMILES string of the molecule is CC(C)NC(=O)[C@@H](C)N(Cc1ccc(Cl)cc1)C(=O)Cc1ccc(Cl)cc1. The molecule has 2 amide bonds. The van der Waals surface area contributed by atoms with Crippen molar-refractivity contribution >= 4 is 35.0 Å². The quantitative estimate of drug-likeness (QED) is 0.736. The van der Waals surface area contributed by atoms with E-state index < -0.39 is 6.04 Å². The zero-order valence-electron chi connectivity index (χ0n) is 15.7. The number of carbonyl (C=O) groups excluding carboxylic acids is 2. The second-order valence-electron chi connectivity index (χ2n) is 6.79. The maximum atomic E-state index is 13.0. The van der Waals surface area contributed by atoms with Crippen LogP contribution in [0.25, 0.3) is 0 Å². The average molecular weight is 407 g/mol. The molecule has 0 saturated heterocycles. The van der Waals surface area contributed by atoms with Crippen LogP contribution in [0.2, 0.25) is 10.0 Å². The van der Waals surface area contributed by atoms with Crippen molar-refractivity contribution in [3.05, 3.63) is 69.7 Å². The minimum absolute atomic E-state index is 0.00343. The minimum atomic E-state index is -0.595. The molecule has 144 valence electrons. The second-order valence-corrected chi connectivity index (χ2v) is 7.66. The molecular weight excluding hydrogens is 383 g/mol. The second kappa shape index (κ2) is 9.77. The molecular formula is C21H24Cl2N2O2. The van der Waals surface area contributed by atoms with Gasteiger partial charge in [0.15, 0.2) is 0 Å². The van der Waals surface area contributed by atoms with E-state index in [1.165, 1.54) is 0 Å². The standard InChI is InChI=1S/C21H24Cl2N2O2/c1-14(2)24-21(27)15(3)25(13-17-6-10-19(23)11-7-17)20(26)12-16-4-8-18(22)9-5-16/h4-11,14-15H,12-13H2,1-3H3,(H,24,27)/t15-/m1/s1. The largest absolute Gasteiger partial charge is 0.352 e. The lowest BCUT2D eigenvalue weighted by Gasteiger charge is -2.29. The summed E-state index contributed by atoms with van der Waals surface area (Å²) in [6, 6.07) is 13.8. The fourth-order valence-electron chi connectivity index (χ4n) is 2.65. The summed E-state index contributed by atoms with van der Waals surface area (Å²) in [5.41, 5.74) is 1.76. The highest BCUT2D eigenvalue weighted by atomic mass is 35.5. The molecule has 2 rings (SSSR count). The van der Waals surface area contributed by atoms with E-state index in [0.717, 1.165) is 11.1 Å². The first kappa shape index (κ1) is 21.3. The first-order chi connectivity index (χ1) is 12.8. The van der Waals surface area contributed by atoms with Crippen molar-refractivity contribution in [1.29, 1.82) is 0 Å². The Morgan fingerprint density at radius 1 is 0.889 bits per heavy atom. The molecule has 2 aromatic carbocycles. The van der Waals surface area contributed by atoms with E-state index in [1.54, 1.807) is 36.1 Å². The van der Waals surface area contributed by atoms with Gasteiger partial charge in [0.1, 0.15) is 6.04 Å². The Kier molecular flexibility index (Phi) is 7.69. The van der Waals surface area contributed by atoms with Gasteiger partial charge in [-0.15, -0.1) is 0 Å². The number of rotatable bonds is 7. The van der Waals surface area contributed by atoms with Gasteiger partial charge in [-0.25, -0.2) is 0 Å². The van der Waals surface area contributed by atoms with E-state index in [2.05, 4.69) is 5.32 Å². The van der Waals surface area contributed by atoms with Gasteiger partial charge in [0.25, 0.3) is 0 Å². The third kappa shape index (κ3) is 6.56. The Morgan fingerprint density at radius 3 is 1.85 bits per heavy atom. The fourth-order valence-corrected chi connectivity index (χ4v) is 2.90. The molecule has 0 aliphatic carbocycles. The summed E-state index contributed by atoms with van der Waals surface area (Å²) in [4.78, 5) is 27.1. The molecule has 0 unspecified atom stereocenters. The molecule has 0 aliphatic rings. The molecule has 0 spiro atoms. The smallest absolute Gasteiger partial charge is 0.242 e. The van der Waals surface area contributed by atoms with Crippen molar-refractivity contribution < 1.29 is 9.59 Å². The summed E-state index contributed by atoms with van der Waals surface area (Å²) >= 11 is 11.9. The van der Waals surface area contributed by atoms with Crippen molar-refractivity contribution in [3.63, 3.8) is 0 Å². The third-order valence-electron chi connectivity index (χ3n) is 4.13. The Balaban J connectivity index is 2.21. The molecule has 0 fully saturated rings. The van der Waals surface area contributed by atoms with Gasteiger partial charge in [-0.05, 0) is 56.2 Å². The molecule has 1 N–H and O–H groups in total. The van der Waals surface area contributed by atoms with Gasteiger partial charge in [-0.1, -0.05) is 47.5 Å². The first-order valence-corrected chi connectivity index (χ1v) is 9.60. The lowest BCUT2D eigenvalue weighted by Crippen LogP contribution is -2.49. The number of hydrogen-bond acceptors (Lipinski definition) is 2. The Labute approximate surface area is 170 Å². The van der Waals surface area contributed by atoms with Crippen molar-refractivity contribution in [2.75, 3.05) is 0 Å². The van der Waals surface area contributed by atoms with E-state index >= 15 is 0 Å². The molecule has 0 bridgehead atoms. The predicted molar refractivity (Wildman–Crippen MR) is 110 cm³/mol. The van der Waals surface area contributed by atoms with Crippen LogP contribution in [0, 0.1) is 0 Å². The number of nitrogens with one attached hydrogen (secondary N) is 1. The number of hydrogen-bond donors (Lipinski definition) is 1. The molecule has 6 heteroatoms. The monoisotopic (exact) mass is 406 g/mol. The van der Waals surface area contributed by atoms with Crippen molar-refractivity contribution in [2.24, 2.45) is 0 Å². The Morgan fingerprint density at radius 2 is 1.37 bits per heavy atom. The highest BCUT2D eigenvalue weighted by Crippen LogP contribution is 2.16. The molecule has 2 aromatic rings. The topological polar surface area (TPSA) is 49.4 Å². The molecule has 27 heavy (non-hydrogen) atoms. The number of halogens is 2. The van der Waals surface area contributed by atoms with Crippen LogP contribution >= 0.6 is 23.2 Å². The summed E-state index contributed by atoms with van der Waals surface area (Å²) in [5, 5.41) is 4.12. The van der Waals surface area contributed by atoms with Crippen molar-refractivity contribution in [3.8, 4) is 0 Å². The highest BCUT2D eigenvalue weighted by molar-refractivity contribution is 6.30. The normalized spacial score (nSPS) is 11.9. The van der Waals surface area contributed by atoms with E-state index in [0.29, 0.717) is 16.6 Å². The summed E-state index contributed by atoms with van der Waals surface area (Å²) in [5.74, 6) is -0.304. The number of amides is 2. The summed E-state index contributed by atoms with van der Waals surface area (Å²) < 4.78 is 0. The number of nitrogens with zero attached hydrogens (tertiary/aromatic N) is 1. The molecule has 0 heterocycles. The van der Waals surface area contributed by atoms with Crippen LogP contribution in [0.4, 0.5) is 0 Å². The van der Waals surface area contributed by atoms with Gasteiger partial charge in [0.2, 0.25) is 11.8 Å². The van der Waals surface area contributed by atoms with E-state index in [9.17, 15) is 9.59 Å². The lowest BCUT2D eigenvalue weighted by molar-refractivity contribution is -0.140. The van der Waals surface area contributed by atoms with Crippen LogP contribution in [0.3, 0.4) is 0 Å². The fraction of sp³-hybridized carbons (Fsp3) is 0.333. The zero-order chi connectivity index (χ0) is 20.0. The van der Waals surface area contributed by atoms with Gasteiger partial charge >= 0.3 is 0 Å². The lowest BCUT2D eigenvalue weighted by atomic mass is 10.1. The molecule has 0 radical (unpaired) electrons. The van der Waals surface area contributed by atoms with Gasteiger partial charge < -0.3 is 10.2 Å². The predicted octanol–water partition coefficient (Wildman–Crippen LogP) is 4.48. The number of carbonyl (C=O) groups is 2. The molecule has 0 aromatic heterocycles. The van der Waals surface area contributed by atoms with Crippen LogP contribution in [0.1, 0.15) is 31.9 Å².